The molecule has 2 aromatic rings. The molecule has 29 heavy (non-hydrogen) atoms. The van der Waals surface area contributed by atoms with Crippen LogP contribution >= 0.6 is 0 Å². The minimum absolute atomic E-state index is 0.275. The first-order valence-corrected chi connectivity index (χ1v) is 9.56. The average Bonchev–Trinajstić information content (AvgIpc) is 3.23. The van der Waals surface area contributed by atoms with Crippen molar-refractivity contribution in [1.29, 1.82) is 0 Å². The largest absolute Gasteiger partial charge is 0.490 e. The summed E-state index contributed by atoms with van der Waals surface area (Å²) >= 11 is 0. The van der Waals surface area contributed by atoms with Gasteiger partial charge in [-0.1, -0.05) is 24.3 Å². The van der Waals surface area contributed by atoms with Crippen LogP contribution in [0.15, 0.2) is 42.7 Å². The zero-order chi connectivity index (χ0) is 20.7. The number of hydrogen-bond donors (Lipinski definition) is 1. The predicted molar refractivity (Wildman–Crippen MR) is 102 cm³/mol. The Balaban J connectivity index is 1.54. The van der Waals surface area contributed by atoms with Crippen LogP contribution in [-0.4, -0.2) is 42.9 Å². The van der Waals surface area contributed by atoms with Gasteiger partial charge in [0.25, 0.3) is 0 Å². The number of carbonyl (C=O) groups excluding carboxylic acids is 1. The summed E-state index contributed by atoms with van der Waals surface area (Å²) in [5, 5.41) is 3.38. The Labute approximate surface area is 167 Å². The Morgan fingerprint density at radius 2 is 2.07 bits per heavy atom. The SMILES string of the molecule is O=C(OCCCc1cccc(-c2cncc(OC[C@@H]3CCCN3)c2)c1)C(F)(F)F. The summed E-state index contributed by atoms with van der Waals surface area (Å²) in [5.41, 5.74) is 2.77. The monoisotopic (exact) mass is 408 g/mol. The van der Waals surface area contributed by atoms with E-state index in [9.17, 15) is 18.0 Å². The Hall–Kier alpha value is -2.61. The molecule has 1 aliphatic heterocycles. The molecule has 0 bridgehead atoms. The first kappa shape index (κ1) is 21.1. The first-order chi connectivity index (χ1) is 13.9. The minimum Gasteiger partial charge on any atom is -0.490 e. The number of carbonyl (C=O) groups is 1. The lowest BCUT2D eigenvalue weighted by Crippen LogP contribution is -2.28. The Kier molecular flexibility index (Phi) is 7.09. The van der Waals surface area contributed by atoms with Gasteiger partial charge in [0.2, 0.25) is 0 Å². The van der Waals surface area contributed by atoms with Crippen LogP contribution in [0.3, 0.4) is 0 Å². The molecule has 0 saturated carbocycles. The van der Waals surface area contributed by atoms with E-state index in [4.69, 9.17) is 4.74 Å². The van der Waals surface area contributed by atoms with Gasteiger partial charge in [0.05, 0.1) is 12.8 Å². The molecule has 3 rings (SSSR count). The van der Waals surface area contributed by atoms with Crippen LogP contribution in [0.4, 0.5) is 13.2 Å². The molecule has 0 spiro atoms. The fourth-order valence-electron chi connectivity index (χ4n) is 3.18. The number of ether oxygens (including phenoxy) is 2. The number of benzene rings is 1. The molecular weight excluding hydrogens is 385 g/mol. The summed E-state index contributed by atoms with van der Waals surface area (Å²) in [4.78, 5) is 15.0. The lowest BCUT2D eigenvalue weighted by molar-refractivity contribution is -0.199. The van der Waals surface area contributed by atoms with Crippen LogP contribution in [0.25, 0.3) is 11.1 Å². The number of halogens is 3. The molecule has 156 valence electrons. The van der Waals surface area contributed by atoms with E-state index >= 15 is 0 Å². The van der Waals surface area contributed by atoms with E-state index in [0.717, 1.165) is 36.1 Å². The summed E-state index contributed by atoms with van der Waals surface area (Å²) in [5.74, 6) is -1.46. The van der Waals surface area contributed by atoms with Crippen molar-refractivity contribution in [1.82, 2.24) is 10.3 Å². The van der Waals surface area contributed by atoms with Gasteiger partial charge >= 0.3 is 12.1 Å². The van der Waals surface area contributed by atoms with Crippen molar-refractivity contribution in [2.75, 3.05) is 19.8 Å². The molecule has 1 aromatic carbocycles. The fourth-order valence-corrected chi connectivity index (χ4v) is 3.18. The van der Waals surface area contributed by atoms with Gasteiger partial charge in [-0.3, -0.25) is 4.98 Å². The van der Waals surface area contributed by atoms with Crippen LogP contribution in [0.2, 0.25) is 0 Å². The van der Waals surface area contributed by atoms with Crippen molar-refractivity contribution in [3.8, 4) is 16.9 Å². The van der Waals surface area contributed by atoms with E-state index in [1.807, 2.05) is 30.3 Å². The molecule has 0 amide bonds. The topological polar surface area (TPSA) is 60.5 Å². The third kappa shape index (κ3) is 6.45. The highest BCUT2D eigenvalue weighted by Crippen LogP contribution is 2.24. The van der Waals surface area contributed by atoms with Crippen LogP contribution in [-0.2, 0) is 16.0 Å². The maximum atomic E-state index is 12.1. The molecule has 2 heterocycles. The smallest absolute Gasteiger partial charge is 0.490 e. The van der Waals surface area contributed by atoms with Gasteiger partial charge in [-0.2, -0.15) is 13.2 Å². The maximum absolute atomic E-state index is 12.1. The van der Waals surface area contributed by atoms with Crippen molar-refractivity contribution in [2.24, 2.45) is 0 Å². The highest BCUT2D eigenvalue weighted by Gasteiger charge is 2.40. The summed E-state index contributed by atoms with van der Waals surface area (Å²) in [6.45, 7) is 1.35. The summed E-state index contributed by atoms with van der Waals surface area (Å²) in [7, 11) is 0. The van der Waals surface area contributed by atoms with Gasteiger partial charge in [-0.05, 0) is 49.4 Å². The van der Waals surface area contributed by atoms with Crippen LogP contribution in [0.1, 0.15) is 24.8 Å². The van der Waals surface area contributed by atoms with Gasteiger partial charge in [-0.15, -0.1) is 0 Å². The summed E-state index contributed by atoms with van der Waals surface area (Å²) in [6, 6.07) is 9.94. The highest BCUT2D eigenvalue weighted by atomic mass is 19.4. The van der Waals surface area contributed by atoms with Crippen LogP contribution in [0, 0.1) is 0 Å². The molecular formula is C21H23F3N2O3. The Morgan fingerprint density at radius 3 is 2.83 bits per heavy atom. The molecule has 1 aromatic heterocycles. The number of pyridine rings is 1. The Morgan fingerprint density at radius 1 is 1.21 bits per heavy atom. The lowest BCUT2D eigenvalue weighted by Gasteiger charge is -2.13. The molecule has 5 nitrogen and oxygen atoms in total. The highest BCUT2D eigenvalue weighted by molar-refractivity contribution is 5.75. The zero-order valence-corrected chi connectivity index (χ0v) is 15.9. The first-order valence-electron chi connectivity index (χ1n) is 9.56. The van der Waals surface area contributed by atoms with E-state index in [1.54, 1.807) is 12.4 Å². The van der Waals surface area contributed by atoms with E-state index in [2.05, 4.69) is 15.0 Å². The van der Waals surface area contributed by atoms with Crippen molar-refractivity contribution in [2.45, 2.75) is 37.9 Å². The lowest BCUT2D eigenvalue weighted by atomic mass is 10.0. The van der Waals surface area contributed by atoms with Crippen molar-refractivity contribution in [3.63, 3.8) is 0 Å². The van der Waals surface area contributed by atoms with Gasteiger partial charge in [0.15, 0.2) is 0 Å². The van der Waals surface area contributed by atoms with E-state index in [1.165, 1.54) is 0 Å². The van der Waals surface area contributed by atoms with Crippen molar-refractivity contribution >= 4 is 5.97 Å². The number of esters is 1. The maximum Gasteiger partial charge on any atom is 0.490 e. The van der Waals surface area contributed by atoms with E-state index in [-0.39, 0.29) is 6.61 Å². The van der Waals surface area contributed by atoms with E-state index < -0.39 is 12.1 Å². The van der Waals surface area contributed by atoms with Gasteiger partial charge in [0, 0.05) is 17.8 Å². The third-order valence-corrected chi connectivity index (χ3v) is 4.66. The van der Waals surface area contributed by atoms with Crippen LogP contribution < -0.4 is 10.1 Å². The number of aromatic nitrogens is 1. The normalized spacial score (nSPS) is 16.6. The number of hydrogen-bond acceptors (Lipinski definition) is 5. The van der Waals surface area contributed by atoms with Crippen LogP contribution in [0.5, 0.6) is 5.75 Å². The summed E-state index contributed by atoms with van der Waals surface area (Å²) < 4.78 is 46.4. The fraction of sp³-hybridized carbons (Fsp3) is 0.429. The van der Waals surface area contributed by atoms with Gasteiger partial charge < -0.3 is 14.8 Å². The second kappa shape index (κ2) is 9.73. The molecule has 0 radical (unpaired) electrons. The van der Waals surface area contributed by atoms with E-state index in [0.29, 0.717) is 31.2 Å². The molecule has 1 atom stereocenters. The summed E-state index contributed by atoms with van der Waals surface area (Å²) in [6.07, 6.45) is 1.54. The zero-order valence-electron chi connectivity index (χ0n) is 15.9. The molecule has 0 unspecified atom stereocenters. The van der Waals surface area contributed by atoms with Gasteiger partial charge in [0.1, 0.15) is 12.4 Å². The average molecular weight is 408 g/mol. The Bertz CT molecular complexity index is 821. The predicted octanol–water partition coefficient (Wildman–Crippen LogP) is 3.92. The number of rotatable bonds is 8. The molecule has 1 saturated heterocycles. The second-order valence-electron chi connectivity index (χ2n) is 6.95. The van der Waals surface area contributed by atoms with Gasteiger partial charge in [-0.25, -0.2) is 4.79 Å². The molecule has 1 fully saturated rings. The minimum atomic E-state index is -4.95. The third-order valence-electron chi connectivity index (χ3n) is 4.66. The van der Waals surface area contributed by atoms with Crippen molar-refractivity contribution < 1.29 is 27.4 Å². The quantitative estimate of drug-likeness (QED) is 0.530. The number of nitrogens with zero attached hydrogens (tertiary/aromatic N) is 1. The number of nitrogens with one attached hydrogen (secondary N) is 1. The number of alkyl halides is 3. The second-order valence-corrected chi connectivity index (χ2v) is 6.95. The molecule has 1 N–H and O–H groups in total. The molecule has 0 aliphatic carbocycles. The standard InChI is InChI=1S/C21H23F3N2O3/c22-21(23,24)20(27)28-9-3-5-15-4-1-6-16(10-15)17-11-19(13-25-12-17)29-14-18-7-2-8-26-18/h1,4,6,10-13,18,26H,2-3,5,7-9,14H2/t18-/m0/s1. The molecule has 1 aliphatic rings. The number of aryl methyl sites for hydroxylation is 1. The molecule has 8 heteroatoms. The van der Waals surface area contributed by atoms with Crippen molar-refractivity contribution in [3.05, 3.63) is 48.3 Å².